The molecule has 2 aromatic carbocycles. The van der Waals surface area contributed by atoms with E-state index in [4.69, 9.17) is 14.2 Å². The number of pyridine rings is 1. The number of hydrogen-bond donors (Lipinski definition) is 1. The van der Waals surface area contributed by atoms with Gasteiger partial charge in [0.1, 0.15) is 5.82 Å². The lowest BCUT2D eigenvalue weighted by molar-refractivity contribution is -0.145. The fourth-order valence-corrected chi connectivity index (χ4v) is 5.65. The molecule has 1 aromatic heterocycles. The molecular formula is C28H33FNO5P. The monoisotopic (exact) mass is 513 g/mol. The van der Waals surface area contributed by atoms with Crippen molar-refractivity contribution in [2.75, 3.05) is 13.7 Å². The number of ether oxygens (including phenoxy) is 1. The van der Waals surface area contributed by atoms with Crippen LogP contribution in [0.3, 0.4) is 0 Å². The third kappa shape index (κ3) is 6.09. The van der Waals surface area contributed by atoms with Gasteiger partial charge >= 0.3 is 5.97 Å². The Hall–Kier alpha value is -2.86. The van der Waals surface area contributed by atoms with E-state index >= 15 is 0 Å². The van der Waals surface area contributed by atoms with E-state index in [1.54, 1.807) is 19.1 Å². The summed E-state index contributed by atoms with van der Waals surface area (Å²) in [7, 11) is -1.57. The highest BCUT2D eigenvalue weighted by atomic mass is 31.1. The summed E-state index contributed by atoms with van der Waals surface area (Å²) in [5.74, 6) is -1.10. The average Bonchev–Trinajstić information content (AvgIpc) is 2.85. The first-order valence-corrected chi connectivity index (χ1v) is 13.4. The SMILES string of the molecule is CCOC(=O)CC(O)C(c1c(C(C)C)nc(-c2ccccc2)c(C)c1-c1ccc(F)cc1)[PH](=O)OC. The number of carbonyl (C=O) groups is 1. The van der Waals surface area contributed by atoms with E-state index in [1.807, 2.05) is 51.1 Å². The molecule has 0 saturated carbocycles. The van der Waals surface area contributed by atoms with Gasteiger partial charge in [-0.2, -0.15) is 0 Å². The van der Waals surface area contributed by atoms with Gasteiger partial charge in [0, 0.05) is 18.4 Å². The molecule has 0 spiro atoms. The smallest absolute Gasteiger partial charge is 0.308 e. The van der Waals surface area contributed by atoms with Crippen LogP contribution in [0, 0.1) is 12.7 Å². The van der Waals surface area contributed by atoms with Gasteiger partial charge in [0.25, 0.3) is 0 Å². The summed E-state index contributed by atoms with van der Waals surface area (Å²) < 4.78 is 37.5. The van der Waals surface area contributed by atoms with Crippen LogP contribution < -0.4 is 0 Å². The lowest BCUT2D eigenvalue weighted by Crippen LogP contribution is -2.24. The van der Waals surface area contributed by atoms with E-state index in [-0.39, 0.29) is 24.8 Å². The molecule has 1 N–H and O–H groups in total. The van der Waals surface area contributed by atoms with E-state index in [2.05, 4.69) is 0 Å². The van der Waals surface area contributed by atoms with Crippen LogP contribution in [0.4, 0.5) is 4.39 Å². The van der Waals surface area contributed by atoms with Crippen molar-refractivity contribution < 1.29 is 28.1 Å². The Kier molecular flexibility index (Phi) is 9.55. The minimum absolute atomic E-state index is 0.119. The normalized spacial score (nSPS) is 13.9. The maximum atomic E-state index is 13.9. The summed E-state index contributed by atoms with van der Waals surface area (Å²) >= 11 is 0. The van der Waals surface area contributed by atoms with Gasteiger partial charge in [-0.15, -0.1) is 0 Å². The van der Waals surface area contributed by atoms with Crippen LogP contribution >= 0.6 is 8.03 Å². The number of aromatic nitrogens is 1. The van der Waals surface area contributed by atoms with Gasteiger partial charge in [-0.3, -0.25) is 14.3 Å². The Morgan fingerprint density at radius 2 is 1.72 bits per heavy atom. The minimum Gasteiger partial charge on any atom is -0.466 e. The van der Waals surface area contributed by atoms with Gasteiger partial charge in [-0.1, -0.05) is 56.3 Å². The highest BCUT2D eigenvalue weighted by molar-refractivity contribution is 7.39. The number of halogens is 1. The van der Waals surface area contributed by atoms with Crippen LogP contribution in [-0.4, -0.2) is 35.9 Å². The van der Waals surface area contributed by atoms with Gasteiger partial charge in [-0.05, 0) is 54.2 Å². The van der Waals surface area contributed by atoms with Crippen LogP contribution in [0.1, 0.15) is 55.6 Å². The molecule has 192 valence electrons. The zero-order chi connectivity index (χ0) is 26.4. The van der Waals surface area contributed by atoms with Gasteiger partial charge in [0.05, 0.1) is 30.5 Å². The first-order chi connectivity index (χ1) is 17.2. The van der Waals surface area contributed by atoms with Crippen molar-refractivity contribution in [2.45, 2.75) is 51.8 Å². The van der Waals surface area contributed by atoms with Gasteiger partial charge in [0.2, 0.25) is 8.03 Å². The molecule has 0 saturated heterocycles. The molecule has 3 rings (SSSR count). The topological polar surface area (TPSA) is 85.7 Å². The molecule has 0 bridgehead atoms. The second kappa shape index (κ2) is 12.4. The molecule has 8 heteroatoms. The van der Waals surface area contributed by atoms with Crippen molar-refractivity contribution in [1.29, 1.82) is 0 Å². The molecule has 0 amide bonds. The summed E-state index contributed by atoms with van der Waals surface area (Å²) in [4.78, 5) is 17.2. The van der Waals surface area contributed by atoms with Crippen molar-refractivity contribution in [3.05, 3.63) is 77.2 Å². The van der Waals surface area contributed by atoms with Crippen LogP contribution in [0.2, 0.25) is 0 Å². The highest BCUT2D eigenvalue weighted by Crippen LogP contribution is 2.51. The van der Waals surface area contributed by atoms with E-state index in [0.717, 1.165) is 16.8 Å². The standard InChI is InChI=1S/C28H33FNO5P/c1-6-35-23(32)16-22(31)28(36(33)34-5)25-24(19-12-14-21(29)15-13-19)18(4)27(30-26(25)17(2)3)20-10-8-7-9-11-20/h7-15,17,22,28,31,36H,6,16H2,1-5H3. The predicted octanol–water partition coefficient (Wildman–Crippen LogP) is 6.46. The first kappa shape index (κ1) is 27.7. The van der Waals surface area contributed by atoms with Gasteiger partial charge in [-0.25, -0.2) is 4.39 Å². The molecule has 0 fully saturated rings. The van der Waals surface area contributed by atoms with E-state index < -0.39 is 25.8 Å². The Bertz CT molecular complexity index is 1210. The second-order valence-electron chi connectivity index (χ2n) is 8.86. The molecule has 0 aliphatic carbocycles. The quantitative estimate of drug-likeness (QED) is 0.247. The number of nitrogens with zero attached hydrogens (tertiary/aromatic N) is 1. The molecule has 6 nitrogen and oxygen atoms in total. The van der Waals surface area contributed by atoms with Crippen molar-refractivity contribution in [2.24, 2.45) is 0 Å². The summed E-state index contributed by atoms with van der Waals surface area (Å²) in [5.41, 5.74) is 3.93. The van der Waals surface area contributed by atoms with Gasteiger partial charge < -0.3 is 14.4 Å². The van der Waals surface area contributed by atoms with Crippen molar-refractivity contribution in [3.8, 4) is 22.4 Å². The number of aliphatic hydroxyl groups excluding tert-OH is 1. The molecular weight excluding hydrogens is 480 g/mol. The summed E-state index contributed by atoms with van der Waals surface area (Å²) in [6.07, 6.45) is -1.69. The van der Waals surface area contributed by atoms with Crippen LogP contribution in [-0.2, 0) is 18.6 Å². The average molecular weight is 514 g/mol. The molecule has 36 heavy (non-hydrogen) atoms. The lowest BCUT2D eigenvalue weighted by atomic mass is 9.85. The van der Waals surface area contributed by atoms with Crippen LogP contribution in [0.5, 0.6) is 0 Å². The van der Waals surface area contributed by atoms with E-state index in [1.165, 1.54) is 19.2 Å². The Morgan fingerprint density at radius 1 is 1.08 bits per heavy atom. The number of carbonyl (C=O) groups excluding carboxylic acids is 1. The summed E-state index contributed by atoms with van der Waals surface area (Å²) in [6.45, 7) is 7.67. The van der Waals surface area contributed by atoms with Crippen molar-refractivity contribution >= 4 is 14.0 Å². The number of rotatable bonds is 10. The molecule has 0 radical (unpaired) electrons. The summed E-state index contributed by atoms with van der Waals surface area (Å²) in [6, 6.07) is 15.7. The van der Waals surface area contributed by atoms with E-state index in [9.17, 15) is 18.9 Å². The van der Waals surface area contributed by atoms with Crippen LogP contribution in [0.15, 0.2) is 54.6 Å². The van der Waals surface area contributed by atoms with Gasteiger partial charge in [0.15, 0.2) is 0 Å². The number of benzene rings is 2. The molecule has 1 heterocycles. The lowest BCUT2D eigenvalue weighted by Gasteiger charge is -2.29. The number of esters is 1. The first-order valence-electron chi connectivity index (χ1n) is 12.0. The third-order valence-electron chi connectivity index (χ3n) is 6.07. The molecule has 3 aromatic rings. The highest BCUT2D eigenvalue weighted by Gasteiger charge is 2.36. The Morgan fingerprint density at radius 3 is 2.28 bits per heavy atom. The molecule has 0 aliphatic heterocycles. The Balaban J connectivity index is 2.39. The van der Waals surface area contributed by atoms with Crippen molar-refractivity contribution in [3.63, 3.8) is 0 Å². The number of aliphatic hydroxyl groups is 1. The van der Waals surface area contributed by atoms with Crippen LogP contribution in [0.25, 0.3) is 22.4 Å². The Labute approximate surface area is 212 Å². The minimum atomic E-state index is -2.89. The fraction of sp³-hybridized carbons (Fsp3) is 0.357. The zero-order valence-electron chi connectivity index (χ0n) is 21.2. The molecule has 3 atom stereocenters. The summed E-state index contributed by atoms with van der Waals surface area (Å²) in [5, 5.41) is 11.2. The maximum absolute atomic E-state index is 13.9. The second-order valence-corrected chi connectivity index (χ2v) is 10.5. The zero-order valence-corrected chi connectivity index (χ0v) is 22.2. The predicted molar refractivity (Wildman–Crippen MR) is 140 cm³/mol. The van der Waals surface area contributed by atoms with Crippen molar-refractivity contribution in [1.82, 2.24) is 4.98 Å². The molecule has 3 unspecified atom stereocenters. The number of hydrogen-bond acceptors (Lipinski definition) is 6. The maximum Gasteiger partial charge on any atom is 0.308 e. The largest absolute Gasteiger partial charge is 0.466 e. The fourth-order valence-electron chi connectivity index (χ4n) is 4.44. The third-order valence-corrected chi connectivity index (χ3v) is 7.65. The van der Waals surface area contributed by atoms with E-state index in [0.29, 0.717) is 22.4 Å². The molecule has 0 aliphatic rings.